The molecule has 4 heteroatoms. The van der Waals surface area contributed by atoms with Gasteiger partial charge in [-0.15, -0.1) is 24.9 Å². The van der Waals surface area contributed by atoms with Gasteiger partial charge in [0.2, 0.25) is 5.91 Å². The highest BCUT2D eigenvalue weighted by atomic mass is 32.2. The number of nitrogen functional groups attached to an aromatic ring is 1. The Hall–Kier alpha value is -1.68. The zero-order valence-electron chi connectivity index (χ0n) is 11.3. The van der Waals surface area contributed by atoms with Gasteiger partial charge in [0.15, 0.2) is 0 Å². The van der Waals surface area contributed by atoms with Crippen molar-refractivity contribution in [1.82, 2.24) is 4.90 Å². The van der Waals surface area contributed by atoms with Gasteiger partial charge in [-0.2, -0.15) is 0 Å². The summed E-state index contributed by atoms with van der Waals surface area (Å²) < 4.78 is 0. The average molecular weight is 276 g/mol. The number of nitrogens with two attached hydrogens (primary N) is 1. The highest BCUT2D eigenvalue weighted by molar-refractivity contribution is 8.00. The molecule has 0 aliphatic heterocycles. The molecule has 102 valence electrons. The molecule has 0 heterocycles. The summed E-state index contributed by atoms with van der Waals surface area (Å²) in [6.45, 7) is 10.4. The summed E-state index contributed by atoms with van der Waals surface area (Å²) in [5.74, 6) is 0.431. The van der Waals surface area contributed by atoms with E-state index >= 15 is 0 Å². The molecule has 0 atom stereocenters. The van der Waals surface area contributed by atoms with E-state index in [9.17, 15) is 4.79 Å². The van der Waals surface area contributed by atoms with E-state index in [4.69, 9.17) is 5.73 Å². The van der Waals surface area contributed by atoms with Crippen molar-refractivity contribution >= 4 is 23.4 Å². The van der Waals surface area contributed by atoms with Crippen LogP contribution in [-0.4, -0.2) is 29.6 Å². The molecule has 2 N–H and O–H groups in total. The molecule has 0 radical (unpaired) electrons. The summed E-state index contributed by atoms with van der Waals surface area (Å²) in [6, 6.07) is 5.83. The van der Waals surface area contributed by atoms with Crippen LogP contribution in [0.5, 0.6) is 0 Å². The quantitative estimate of drug-likeness (QED) is 0.473. The normalized spacial score (nSPS) is 9.95. The van der Waals surface area contributed by atoms with Crippen LogP contribution in [0.4, 0.5) is 5.69 Å². The van der Waals surface area contributed by atoms with Gasteiger partial charge in [-0.3, -0.25) is 4.79 Å². The summed E-state index contributed by atoms with van der Waals surface area (Å²) in [5, 5.41) is 0. The summed E-state index contributed by atoms with van der Waals surface area (Å²) >= 11 is 1.46. The summed E-state index contributed by atoms with van der Waals surface area (Å²) in [7, 11) is 0. The van der Waals surface area contributed by atoms with Gasteiger partial charge in [0.05, 0.1) is 5.75 Å². The molecule has 0 aromatic heterocycles. The van der Waals surface area contributed by atoms with Crippen molar-refractivity contribution in [1.29, 1.82) is 0 Å². The second kappa shape index (κ2) is 7.69. The van der Waals surface area contributed by atoms with Crippen molar-refractivity contribution in [2.75, 3.05) is 24.6 Å². The molecule has 1 rings (SSSR count). The van der Waals surface area contributed by atoms with Gasteiger partial charge in [-0.25, -0.2) is 0 Å². The van der Waals surface area contributed by atoms with E-state index in [1.54, 1.807) is 17.1 Å². The number of benzene rings is 1. The smallest absolute Gasteiger partial charge is 0.233 e. The van der Waals surface area contributed by atoms with Crippen LogP contribution in [0.15, 0.2) is 48.4 Å². The third-order valence-corrected chi connectivity index (χ3v) is 3.63. The number of thioether (sulfide) groups is 1. The number of anilines is 1. The Kier molecular flexibility index (Phi) is 6.22. The summed E-state index contributed by atoms with van der Waals surface area (Å²) in [5.41, 5.74) is 7.74. The summed E-state index contributed by atoms with van der Waals surface area (Å²) in [4.78, 5) is 14.7. The highest BCUT2D eigenvalue weighted by Crippen LogP contribution is 2.26. The minimum Gasteiger partial charge on any atom is -0.398 e. The van der Waals surface area contributed by atoms with Crippen molar-refractivity contribution in [3.8, 4) is 0 Å². The lowest BCUT2D eigenvalue weighted by molar-refractivity contribution is -0.127. The Bertz CT molecular complexity index is 461. The number of carbonyl (C=O) groups excluding carboxylic acids is 1. The molecule has 1 aromatic carbocycles. The molecule has 0 fully saturated rings. The number of hydrogen-bond donors (Lipinski definition) is 1. The second-order valence-corrected chi connectivity index (χ2v) is 5.22. The maximum absolute atomic E-state index is 12.1. The number of rotatable bonds is 7. The largest absolute Gasteiger partial charge is 0.398 e. The van der Waals surface area contributed by atoms with Crippen molar-refractivity contribution in [3.63, 3.8) is 0 Å². The molecule has 0 bridgehead atoms. The van der Waals surface area contributed by atoms with Crippen LogP contribution < -0.4 is 5.73 Å². The monoisotopic (exact) mass is 276 g/mol. The predicted molar refractivity (Wildman–Crippen MR) is 83.3 cm³/mol. The van der Waals surface area contributed by atoms with Crippen molar-refractivity contribution in [2.24, 2.45) is 0 Å². The minimum absolute atomic E-state index is 0.0608. The van der Waals surface area contributed by atoms with Crippen LogP contribution in [0, 0.1) is 6.92 Å². The van der Waals surface area contributed by atoms with Crippen LogP contribution >= 0.6 is 11.8 Å². The van der Waals surface area contributed by atoms with E-state index in [0.717, 1.165) is 10.5 Å². The predicted octanol–water partition coefficient (Wildman–Crippen LogP) is 2.87. The number of amides is 1. The third kappa shape index (κ3) is 4.83. The SMILES string of the molecule is C=CCN(CC=C)C(=O)CSc1cc(C)ccc1N. The summed E-state index contributed by atoms with van der Waals surface area (Å²) in [6.07, 6.45) is 3.43. The first-order valence-corrected chi connectivity index (χ1v) is 7.05. The van der Waals surface area contributed by atoms with Crippen LogP contribution in [0.3, 0.4) is 0 Å². The van der Waals surface area contributed by atoms with E-state index in [-0.39, 0.29) is 5.91 Å². The van der Waals surface area contributed by atoms with Gasteiger partial charge < -0.3 is 10.6 Å². The molecule has 0 unspecified atom stereocenters. The zero-order valence-corrected chi connectivity index (χ0v) is 12.1. The van der Waals surface area contributed by atoms with E-state index in [1.165, 1.54) is 11.8 Å². The van der Waals surface area contributed by atoms with E-state index in [0.29, 0.717) is 24.5 Å². The molecule has 3 nitrogen and oxygen atoms in total. The fraction of sp³-hybridized carbons (Fsp3) is 0.267. The number of aryl methyl sites for hydroxylation is 1. The number of nitrogens with zero attached hydrogens (tertiary/aromatic N) is 1. The topological polar surface area (TPSA) is 46.3 Å². The van der Waals surface area contributed by atoms with Gasteiger partial charge in [0.1, 0.15) is 0 Å². The molecule has 0 saturated heterocycles. The van der Waals surface area contributed by atoms with Gasteiger partial charge >= 0.3 is 0 Å². The lowest BCUT2D eigenvalue weighted by atomic mass is 10.2. The first kappa shape index (κ1) is 15.4. The maximum Gasteiger partial charge on any atom is 0.233 e. The molecule has 0 saturated carbocycles. The lowest BCUT2D eigenvalue weighted by Crippen LogP contribution is -2.32. The Morgan fingerprint density at radius 2 is 2.00 bits per heavy atom. The standard InChI is InChI=1S/C15H20N2OS/c1-4-8-17(9-5-2)15(18)11-19-14-10-12(3)6-7-13(14)16/h4-7,10H,1-2,8-9,11,16H2,3H3. The molecule has 0 aliphatic carbocycles. The van der Waals surface area contributed by atoms with Gasteiger partial charge in [0, 0.05) is 23.7 Å². The fourth-order valence-electron chi connectivity index (χ4n) is 1.59. The molecular formula is C15H20N2OS. The molecule has 0 aliphatic rings. The number of hydrogen-bond acceptors (Lipinski definition) is 3. The molecule has 0 spiro atoms. The molecule has 19 heavy (non-hydrogen) atoms. The fourth-order valence-corrected chi connectivity index (χ4v) is 2.55. The van der Waals surface area contributed by atoms with Gasteiger partial charge in [0.25, 0.3) is 0 Å². The molecular weight excluding hydrogens is 256 g/mol. The molecule has 1 aromatic rings. The average Bonchev–Trinajstić information content (AvgIpc) is 2.39. The zero-order chi connectivity index (χ0) is 14.3. The Morgan fingerprint density at radius 1 is 1.37 bits per heavy atom. The van der Waals surface area contributed by atoms with Crippen molar-refractivity contribution in [3.05, 3.63) is 49.1 Å². The Balaban J connectivity index is 2.63. The minimum atomic E-state index is 0.0608. The van der Waals surface area contributed by atoms with Crippen LogP contribution in [0.2, 0.25) is 0 Å². The van der Waals surface area contributed by atoms with E-state index < -0.39 is 0 Å². The first-order valence-electron chi connectivity index (χ1n) is 6.07. The van der Waals surface area contributed by atoms with E-state index in [2.05, 4.69) is 13.2 Å². The van der Waals surface area contributed by atoms with Gasteiger partial charge in [-0.05, 0) is 24.6 Å². The van der Waals surface area contributed by atoms with Gasteiger partial charge in [-0.1, -0.05) is 18.2 Å². The molecule has 1 amide bonds. The Labute approximate surface area is 119 Å². The third-order valence-electron chi connectivity index (χ3n) is 2.57. The van der Waals surface area contributed by atoms with Crippen LogP contribution in [-0.2, 0) is 4.79 Å². The van der Waals surface area contributed by atoms with E-state index in [1.807, 2.05) is 25.1 Å². The maximum atomic E-state index is 12.1. The van der Waals surface area contributed by atoms with Crippen LogP contribution in [0.25, 0.3) is 0 Å². The van der Waals surface area contributed by atoms with Crippen LogP contribution in [0.1, 0.15) is 5.56 Å². The second-order valence-electron chi connectivity index (χ2n) is 4.21. The number of carbonyl (C=O) groups is 1. The first-order chi connectivity index (χ1) is 9.08. The van der Waals surface area contributed by atoms with Crippen molar-refractivity contribution in [2.45, 2.75) is 11.8 Å². The van der Waals surface area contributed by atoms with Crippen molar-refractivity contribution < 1.29 is 4.79 Å². The Morgan fingerprint density at radius 3 is 2.58 bits per heavy atom. The highest BCUT2D eigenvalue weighted by Gasteiger charge is 2.11. The lowest BCUT2D eigenvalue weighted by Gasteiger charge is -2.19.